The molecule has 1 aliphatic carbocycles. The number of anilines is 2. The first-order valence-electron chi connectivity index (χ1n) is 10.5. The molecule has 0 spiro atoms. The van der Waals surface area contributed by atoms with E-state index in [1.807, 2.05) is 25.1 Å². The van der Waals surface area contributed by atoms with Crippen molar-refractivity contribution >= 4 is 23.2 Å². The van der Waals surface area contributed by atoms with Crippen LogP contribution in [0.5, 0.6) is 5.75 Å². The van der Waals surface area contributed by atoms with Gasteiger partial charge in [0.25, 0.3) is 0 Å². The number of nitrogens with one attached hydrogen (secondary N) is 2. The van der Waals surface area contributed by atoms with Gasteiger partial charge in [0, 0.05) is 30.8 Å². The summed E-state index contributed by atoms with van der Waals surface area (Å²) in [5.74, 6) is 1.93. The third-order valence-corrected chi connectivity index (χ3v) is 6.35. The maximum Gasteiger partial charge on any atom is 0.242 e. The second kappa shape index (κ2) is 8.84. The van der Waals surface area contributed by atoms with Crippen LogP contribution in [0.15, 0.2) is 18.2 Å². The first-order chi connectivity index (χ1) is 13.4. The number of carbonyl (C=O) groups excluding carboxylic acids is 2. The van der Waals surface area contributed by atoms with Gasteiger partial charge < -0.3 is 20.3 Å². The Morgan fingerprint density at radius 3 is 2.71 bits per heavy atom. The van der Waals surface area contributed by atoms with Crippen LogP contribution in [-0.2, 0) is 9.59 Å². The quantitative estimate of drug-likeness (QED) is 0.783. The number of amides is 2. The molecular weight excluding hydrogens is 354 g/mol. The largest absolute Gasteiger partial charge is 0.494 e. The van der Waals surface area contributed by atoms with Crippen molar-refractivity contribution in [1.82, 2.24) is 5.32 Å². The van der Waals surface area contributed by atoms with E-state index in [0.717, 1.165) is 30.8 Å². The zero-order valence-electron chi connectivity index (χ0n) is 17.5. The van der Waals surface area contributed by atoms with Gasteiger partial charge in [0.1, 0.15) is 11.8 Å². The van der Waals surface area contributed by atoms with Crippen molar-refractivity contribution in [3.05, 3.63) is 18.2 Å². The third-order valence-electron chi connectivity index (χ3n) is 6.35. The number of hydrogen-bond donors (Lipinski definition) is 2. The van der Waals surface area contributed by atoms with Gasteiger partial charge in [-0.1, -0.05) is 26.7 Å². The second-order valence-electron chi connectivity index (χ2n) is 8.28. The van der Waals surface area contributed by atoms with Crippen molar-refractivity contribution < 1.29 is 14.3 Å². The summed E-state index contributed by atoms with van der Waals surface area (Å²) in [7, 11) is 1.60. The molecule has 2 amide bonds. The molecule has 0 unspecified atom stereocenters. The van der Waals surface area contributed by atoms with E-state index in [2.05, 4.69) is 24.5 Å². The number of benzene rings is 1. The summed E-state index contributed by atoms with van der Waals surface area (Å²) in [6, 6.07) is 5.54. The highest BCUT2D eigenvalue weighted by Gasteiger charge is 2.29. The lowest BCUT2D eigenvalue weighted by atomic mass is 9.78. The summed E-state index contributed by atoms with van der Waals surface area (Å²) in [6.45, 7) is 7.09. The predicted octanol–water partition coefficient (Wildman–Crippen LogP) is 3.56. The molecular formula is C22H33N3O3. The molecule has 2 fully saturated rings. The maximum absolute atomic E-state index is 12.7. The minimum atomic E-state index is -0.353. The molecule has 2 aliphatic rings. The molecule has 0 radical (unpaired) electrons. The highest BCUT2D eigenvalue weighted by molar-refractivity contribution is 5.97. The highest BCUT2D eigenvalue weighted by Crippen LogP contribution is 2.34. The van der Waals surface area contributed by atoms with E-state index in [0.29, 0.717) is 24.0 Å². The molecule has 154 valence electrons. The van der Waals surface area contributed by atoms with E-state index >= 15 is 0 Å². The smallest absolute Gasteiger partial charge is 0.242 e. The lowest BCUT2D eigenvalue weighted by Gasteiger charge is -2.35. The summed E-state index contributed by atoms with van der Waals surface area (Å²) in [6.07, 6.45) is 4.92. The van der Waals surface area contributed by atoms with E-state index in [9.17, 15) is 9.59 Å². The van der Waals surface area contributed by atoms with E-state index < -0.39 is 0 Å². The number of rotatable bonds is 6. The zero-order valence-corrected chi connectivity index (χ0v) is 17.5. The molecule has 1 aromatic carbocycles. The highest BCUT2D eigenvalue weighted by atomic mass is 16.5. The number of hydrogen-bond acceptors (Lipinski definition) is 4. The van der Waals surface area contributed by atoms with Gasteiger partial charge in [-0.3, -0.25) is 9.59 Å². The van der Waals surface area contributed by atoms with Crippen LogP contribution in [0.3, 0.4) is 0 Å². The van der Waals surface area contributed by atoms with Crippen LogP contribution in [0, 0.1) is 11.8 Å². The van der Waals surface area contributed by atoms with Gasteiger partial charge in [-0.05, 0) is 43.7 Å². The molecule has 1 aromatic rings. The first-order valence-corrected chi connectivity index (χ1v) is 10.5. The van der Waals surface area contributed by atoms with Crippen LogP contribution in [0.1, 0.15) is 52.9 Å². The van der Waals surface area contributed by atoms with Gasteiger partial charge in [-0.15, -0.1) is 0 Å². The Bertz CT molecular complexity index is 721. The minimum absolute atomic E-state index is 0.0173. The van der Waals surface area contributed by atoms with Crippen molar-refractivity contribution in [2.75, 3.05) is 23.9 Å². The van der Waals surface area contributed by atoms with Crippen molar-refractivity contribution in [1.29, 1.82) is 0 Å². The second-order valence-corrected chi connectivity index (χ2v) is 8.28. The SMILES string of the molecule is COc1cc(N[C@H](C)C(=O)N[C@@H]2CCC[C@H](C)[C@H]2C)ccc1N1CCCC1=O. The predicted molar refractivity (Wildman–Crippen MR) is 112 cm³/mol. The molecule has 1 heterocycles. The average molecular weight is 388 g/mol. The van der Waals surface area contributed by atoms with Crippen molar-refractivity contribution in [2.24, 2.45) is 11.8 Å². The van der Waals surface area contributed by atoms with Crippen molar-refractivity contribution in [3.8, 4) is 5.75 Å². The first kappa shape index (κ1) is 20.5. The number of methoxy groups -OCH3 is 1. The average Bonchev–Trinajstić information content (AvgIpc) is 3.11. The Morgan fingerprint density at radius 1 is 1.25 bits per heavy atom. The van der Waals surface area contributed by atoms with Crippen molar-refractivity contribution in [2.45, 2.75) is 65.0 Å². The van der Waals surface area contributed by atoms with E-state index in [1.165, 1.54) is 12.8 Å². The molecule has 0 aromatic heterocycles. The lowest BCUT2D eigenvalue weighted by Crippen LogP contribution is -2.48. The number of nitrogens with zero attached hydrogens (tertiary/aromatic N) is 1. The summed E-state index contributed by atoms with van der Waals surface area (Å²) in [5.41, 5.74) is 1.60. The summed E-state index contributed by atoms with van der Waals surface area (Å²) >= 11 is 0. The summed E-state index contributed by atoms with van der Waals surface area (Å²) < 4.78 is 5.50. The van der Waals surface area contributed by atoms with Crippen molar-refractivity contribution in [3.63, 3.8) is 0 Å². The standard InChI is InChI=1S/C22H33N3O3/c1-14-7-5-8-18(15(14)2)24-22(27)16(3)23-17-10-11-19(20(13-17)28-4)25-12-6-9-21(25)26/h10-11,13-16,18,23H,5-9,12H2,1-4H3,(H,24,27)/t14-,15+,16+,18+/m0/s1. The van der Waals surface area contributed by atoms with Gasteiger partial charge in [-0.2, -0.15) is 0 Å². The van der Waals surface area contributed by atoms with Gasteiger partial charge in [0.15, 0.2) is 0 Å². The van der Waals surface area contributed by atoms with Gasteiger partial charge in [-0.25, -0.2) is 0 Å². The third kappa shape index (κ3) is 4.42. The Labute approximate surface area is 168 Å². The molecule has 28 heavy (non-hydrogen) atoms. The molecule has 4 atom stereocenters. The molecule has 1 saturated carbocycles. The fraction of sp³-hybridized carbons (Fsp3) is 0.636. The summed E-state index contributed by atoms with van der Waals surface area (Å²) in [4.78, 5) is 26.5. The molecule has 2 N–H and O–H groups in total. The molecule has 1 aliphatic heterocycles. The van der Waals surface area contributed by atoms with Crippen LogP contribution >= 0.6 is 0 Å². The molecule has 6 nitrogen and oxygen atoms in total. The normalized spacial score (nSPS) is 26.1. The lowest BCUT2D eigenvalue weighted by molar-refractivity contribution is -0.123. The topological polar surface area (TPSA) is 70.7 Å². The van der Waals surface area contributed by atoms with Crippen LogP contribution in [0.4, 0.5) is 11.4 Å². The van der Waals surface area contributed by atoms with Gasteiger partial charge >= 0.3 is 0 Å². The molecule has 3 rings (SSSR count). The Morgan fingerprint density at radius 2 is 2.04 bits per heavy atom. The van der Waals surface area contributed by atoms with Crippen LogP contribution in [-0.4, -0.2) is 37.6 Å². The van der Waals surface area contributed by atoms with E-state index in [1.54, 1.807) is 12.0 Å². The monoisotopic (exact) mass is 387 g/mol. The van der Waals surface area contributed by atoms with E-state index in [4.69, 9.17) is 4.74 Å². The van der Waals surface area contributed by atoms with Crippen LogP contribution in [0.25, 0.3) is 0 Å². The van der Waals surface area contributed by atoms with Gasteiger partial charge in [0.05, 0.1) is 12.8 Å². The number of ether oxygens (including phenoxy) is 1. The Hall–Kier alpha value is -2.24. The van der Waals surface area contributed by atoms with Gasteiger partial charge in [0.2, 0.25) is 11.8 Å². The number of carbonyl (C=O) groups is 2. The maximum atomic E-state index is 12.7. The Balaban J connectivity index is 1.64. The molecule has 0 bridgehead atoms. The van der Waals surface area contributed by atoms with Crippen LogP contribution < -0.4 is 20.3 Å². The molecule has 1 saturated heterocycles. The summed E-state index contributed by atoms with van der Waals surface area (Å²) in [5, 5.41) is 6.49. The Kier molecular flexibility index (Phi) is 6.47. The fourth-order valence-corrected chi connectivity index (χ4v) is 4.30. The van der Waals surface area contributed by atoms with Crippen LogP contribution in [0.2, 0.25) is 0 Å². The zero-order chi connectivity index (χ0) is 20.3. The minimum Gasteiger partial charge on any atom is -0.494 e. The van der Waals surface area contributed by atoms with E-state index in [-0.39, 0.29) is 23.9 Å². The molecule has 6 heteroatoms. The fourth-order valence-electron chi connectivity index (χ4n) is 4.30.